The maximum atomic E-state index is 3.78. The minimum atomic E-state index is 0.513. The molecule has 19 heavy (non-hydrogen) atoms. The van der Waals surface area contributed by atoms with Gasteiger partial charge in [-0.05, 0) is 74.2 Å². The first kappa shape index (κ1) is 15.1. The Balaban J connectivity index is 2.28. The third-order valence-corrected chi connectivity index (χ3v) is 5.24. The van der Waals surface area contributed by atoms with E-state index in [1.54, 1.807) is 0 Å². The van der Waals surface area contributed by atoms with Crippen molar-refractivity contribution in [3.8, 4) is 0 Å². The molecule has 1 aliphatic rings. The van der Waals surface area contributed by atoms with Crippen LogP contribution in [0.1, 0.15) is 55.8 Å². The first-order chi connectivity index (χ1) is 9.04. The number of hydrogen-bond acceptors (Lipinski definition) is 1. The minimum absolute atomic E-state index is 0.513. The zero-order valence-corrected chi connectivity index (χ0v) is 14.2. The van der Waals surface area contributed by atoms with Gasteiger partial charge in [-0.15, -0.1) is 0 Å². The first-order valence-electron chi connectivity index (χ1n) is 7.54. The highest BCUT2D eigenvalue weighted by molar-refractivity contribution is 9.10. The molecule has 0 radical (unpaired) electrons. The van der Waals surface area contributed by atoms with Crippen LogP contribution in [0.2, 0.25) is 0 Å². The lowest BCUT2D eigenvalue weighted by atomic mass is 9.87. The summed E-state index contributed by atoms with van der Waals surface area (Å²) in [6, 6.07) is 5.15. The average molecular weight is 324 g/mol. The Morgan fingerprint density at radius 1 is 1.26 bits per heavy atom. The van der Waals surface area contributed by atoms with E-state index >= 15 is 0 Å². The lowest BCUT2D eigenvalue weighted by Crippen LogP contribution is -2.29. The number of hydrogen-bond donors (Lipinski definition) is 1. The molecule has 0 heterocycles. The molecule has 1 N–H and O–H groups in total. The van der Waals surface area contributed by atoms with Crippen LogP contribution in [-0.2, 0) is 0 Å². The molecule has 1 aromatic carbocycles. The van der Waals surface area contributed by atoms with E-state index in [2.05, 4.69) is 61.1 Å². The fraction of sp³-hybridized carbons (Fsp3) is 0.647. The maximum Gasteiger partial charge on any atom is 0.0351 e. The van der Waals surface area contributed by atoms with Crippen molar-refractivity contribution < 1.29 is 0 Å². The Bertz CT molecular complexity index is 437. The number of benzene rings is 1. The molecule has 2 rings (SSSR count). The lowest BCUT2D eigenvalue weighted by Gasteiger charge is -2.28. The van der Waals surface area contributed by atoms with Crippen molar-refractivity contribution in [2.45, 2.75) is 53.0 Å². The Kier molecular flexibility index (Phi) is 5.08. The normalized spacial score (nSPS) is 18.4. The maximum absolute atomic E-state index is 3.78. The number of aryl methyl sites for hydroxylation is 2. The highest BCUT2D eigenvalue weighted by atomic mass is 79.9. The van der Waals surface area contributed by atoms with Gasteiger partial charge in [0.1, 0.15) is 0 Å². The van der Waals surface area contributed by atoms with Gasteiger partial charge in [0.25, 0.3) is 0 Å². The number of halogens is 1. The van der Waals surface area contributed by atoms with Crippen LogP contribution in [0, 0.1) is 25.7 Å². The summed E-state index contributed by atoms with van der Waals surface area (Å²) in [4.78, 5) is 0. The molecule has 1 fully saturated rings. The molecule has 1 saturated carbocycles. The molecule has 106 valence electrons. The number of rotatable bonds is 6. The molecule has 1 nitrogen and oxygen atoms in total. The van der Waals surface area contributed by atoms with Gasteiger partial charge in [0, 0.05) is 10.5 Å². The Labute approximate surface area is 126 Å². The zero-order valence-electron chi connectivity index (χ0n) is 12.6. The van der Waals surface area contributed by atoms with Gasteiger partial charge < -0.3 is 5.32 Å². The van der Waals surface area contributed by atoms with E-state index in [0.29, 0.717) is 6.04 Å². The van der Waals surface area contributed by atoms with Gasteiger partial charge in [-0.25, -0.2) is 0 Å². The molecule has 1 aliphatic carbocycles. The number of nitrogens with one attached hydrogen (secondary N) is 1. The molecule has 0 bridgehead atoms. The monoisotopic (exact) mass is 323 g/mol. The van der Waals surface area contributed by atoms with Crippen LogP contribution < -0.4 is 5.32 Å². The van der Waals surface area contributed by atoms with Gasteiger partial charge in [0.05, 0.1) is 0 Å². The van der Waals surface area contributed by atoms with E-state index in [1.807, 2.05) is 0 Å². The fourth-order valence-electron chi connectivity index (χ4n) is 2.91. The average Bonchev–Trinajstić information content (AvgIpc) is 3.19. The van der Waals surface area contributed by atoms with Crippen LogP contribution in [0.4, 0.5) is 0 Å². The van der Waals surface area contributed by atoms with Gasteiger partial charge >= 0.3 is 0 Å². The molecule has 0 spiro atoms. The Morgan fingerprint density at radius 3 is 2.53 bits per heavy atom. The highest BCUT2D eigenvalue weighted by Gasteiger charge is 2.34. The lowest BCUT2D eigenvalue weighted by molar-refractivity contribution is 0.348. The molecular weight excluding hydrogens is 298 g/mol. The van der Waals surface area contributed by atoms with E-state index in [9.17, 15) is 0 Å². The molecule has 2 unspecified atom stereocenters. The van der Waals surface area contributed by atoms with Crippen LogP contribution in [0.3, 0.4) is 0 Å². The predicted molar refractivity (Wildman–Crippen MR) is 86.5 cm³/mol. The second-order valence-corrected chi connectivity index (χ2v) is 6.94. The van der Waals surface area contributed by atoms with Crippen molar-refractivity contribution >= 4 is 15.9 Å². The summed E-state index contributed by atoms with van der Waals surface area (Å²) >= 11 is 3.64. The molecule has 0 aromatic heterocycles. The van der Waals surface area contributed by atoms with Crippen LogP contribution in [0.5, 0.6) is 0 Å². The van der Waals surface area contributed by atoms with Crippen molar-refractivity contribution in [1.29, 1.82) is 0 Å². The second-order valence-electron chi connectivity index (χ2n) is 6.09. The zero-order chi connectivity index (χ0) is 14.0. The van der Waals surface area contributed by atoms with Crippen molar-refractivity contribution in [2.75, 3.05) is 6.54 Å². The fourth-order valence-corrected chi connectivity index (χ4v) is 3.37. The Morgan fingerprint density at radius 2 is 1.95 bits per heavy atom. The largest absolute Gasteiger partial charge is 0.310 e. The van der Waals surface area contributed by atoms with Crippen LogP contribution >= 0.6 is 15.9 Å². The summed E-state index contributed by atoms with van der Waals surface area (Å²) in [6.45, 7) is 10.2. The third-order valence-electron chi connectivity index (χ3n) is 4.39. The Hall–Kier alpha value is -0.340. The standard InChI is InChI=1S/C17H26BrN/c1-5-8-19-17(13(4)14-6-7-14)15-9-12(3)16(18)10-11(15)2/h9-10,13-14,17,19H,5-8H2,1-4H3. The van der Waals surface area contributed by atoms with E-state index in [1.165, 1.54) is 40.4 Å². The van der Waals surface area contributed by atoms with Gasteiger partial charge in [-0.3, -0.25) is 0 Å². The van der Waals surface area contributed by atoms with Gasteiger partial charge in [-0.2, -0.15) is 0 Å². The van der Waals surface area contributed by atoms with Crippen molar-refractivity contribution in [2.24, 2.45) is 11.8 Å². The van der Waals surface area contributed by atoms with E-state index < -0.39 is 0 Å². The molecular formula is C17H26BrN. The van der Waals surface area contributed by atoms with Crippen LogP contribution in [0.25, 0.3) is 0 Å². The van der Waals surface area contributed by atoms with Crippen molar-refractivity contribution in [1.82, 2.24) is 5.32 Å². The summed E-state index contributed by atoms with van der Waals surface area (Å²) in [5.74, 6) is 1.67. The van der Waals surface area contributed by atoms with Gasteiger partial charge in [-0.1, -0.05) is 35.8 Å². The SMILES string of the molecule is CCCNC(c1cc(C)c(Br)cc1C)C(C)C1CC1. The third kappa shape index (κ3) is 3.61. The summed E-state index contributed by atoms with van der Waals surface area (Å²) < 4.78 is 1.22. The first-order valence-corrected chi connectivity index (χ1v) is 8.34. The van der Waals surface area contributed by atoms with Crippen molar-refractivity contribution in [3.05, 3.63) is 33.3 Å². The van der Waals surface area contributed by atoms with Crippen molar-refractivity contribution in [3.63, 3.8) is 0 Å². The molecule has 2 atom stereocenters. The van der Waals surface area contributed by atoms with E-state index in [4.69, 9.17) is 0 Å². The van der Waals surface area contributed by atoms with E-state index in [0.717, 1.165) is 18.4 Å². The van der Waals surface area contributed by atoms with Crippen LogP contribution in [-0.4, -0.2) is 6.54 Å². The summed E-state index contributed by atoms with van der Waals surface area (Å²) in [5.41, 5.74) is 4.24. The summed E-state index contributed by atoms with van der Waals surface area (Å²) in [5, 5.41) is 3.78. The highest BCUT2D eigenvalue weighted by Crippen LogP contribution is 2.43. The molecule has 1 aromatic rings. The smallest absolute Gasteiger partial charge is 0.0351 e. The second kappa shape index (κ2) is 6.41. The molecule has 0 aliphatic heterocycles. The minimum Gasteiger partial charge on any atom is -0.310 e. The molecule has 0 saturated heterocycles. The van der Waals surface area contributed by atoms with Gasteiger partial charge in [0.15, 0.2) is 0 Å². The van der Waals surface area contributed by atoms with E-state index in [-0.39, 0.29) is 0 Å². The summed E-state index contributed by atoms with van der Waals surface area (Å²) in [7, 11) is 0. The van der Waals surface area contributed by atoms with Gasteiger partial charge in [0.2, 0.25) is 0 Å². The molecule has 2 heteroatoms. The summed E-state index contributed by atoms with van der Waals surface area (Å²) in [6.07, 6.45) is 4.03. The van der Waals surface area contributed by atoms with Crippen LogP contribution in [0.15, 0.2) is 16.6 Å². The topological polar surface area (TPSA) is 12.0 Å². The quantitative estimate of drug-likeness (QED) is 0.763. The molecule has 0 amide bonds. The predicted octanol–water partition coefficient (Wildman–Crippen LogP) is 5.15.